The molecule has 3 heterocycles. The summed E-state index contributed by atoms with van der Waals surface area (Å²) in [5.74, 6) is 1.69. The van der Waals surface area contributed by atoms with Gasteiger partial charge < -0.3 is 34.0 Å². The highest BCUT2D eigenvalue weighted by Crippen LogP contribution is 2.40. The molecule has 49 heavy (non-hydrogen) atoms. The van der Waals surface area contributed by atoms with Crippen LogP contribution >= 0.6 is 0 Å². The highest BCUT2D eigenvalue weighted by atomic mass is 16.7. The number of fused-ring (bicyclic) bond motifs is 1. The van der Waals surface area contributed by atoms with Crippen LogP contribution in [-0.2, 0) is 21.7 Å². The van der Waals surface area contributed by atoms with Gasteiger partial charge in [-0.2, -0.15) is 0 Å². The summed E-state index contributed by atoms with van der Waals surface area (Å²) in [5, 5.41) is 12.1. The maximum atomic E-state index is 13.4. The van der Waals surface area contributed by atoms with E-state index >= 15 is 0 Å². The number of nitrogens with zero attached hydrogens (tertiary/aromatic N) is 3. The molecule has 1 saturated carbocycles. The molecular weight excluding hydrogens is 618 g/mol. The Kier molecular flexibility index (Phi) is 9.91. The lowest BCUT2D eigenvalue weighted by Gasteiger charge is -2.40. The Morgan fingerprint density at radius 2 is 1.65 bits per heavy atom. The first-order chi connectivity index (χ1) is 23.9. The van der Waals surface area contributed by atoms with Crippen molar-refractivity contribution in [2.24, 2.45) is 11.8 Å². The maximum Gasteiger partial charge on any atom is 0.410 e. The summed E-state index contributed by atoms with van der Waals surface area (Å²) in [6, 6.07) is 23.8. The molecule has 9 heteroatoms. The molecule has 9 nitrogen and oxygen atoms in total. The minimum atomic E-state index is -1.09. The minimum absolute atomic E-state index is 0.0344. The van der Waals surface area contributed by atoms with Crippen molar-refractivity contribution in [1.82, 2.24) is 14.7 Å². The van der Waals surface area contributed by atoms with Crippen molar-refractivity contribution < 1.29 is 28.9 Å². The van der Waals surface area contributed by atoms with Crippen molar-refractivity contribution in [2.75, 3.05) is 46.1 Å². The van der Waals surface area contributed by atoms with Crippen LogP contribution in [0.1, 0.15) is 49.7 Å². The first-order valence-electron chi connectivity index (χ1n) is 17.7. The third-order valence-electron chi connectivity index (χ3n) is 10.9. The van der Waals surface area contributed by atoms with Crippen molar-refractivity contribution in [2.45, 2.75) is 56.8 Å². The molecule has 0 unspecified atom stereocenters. The lowest BCUT2D eigenvalue weighted by Crippen LogP contribution is -2.50. The van der Waals surface area contributed by atoms with Crippen LogP contribution in [0.3, 0.4) is 0 Å². The first-order valence-corrected chi connectivity index (χ1v) is 17.7. The van der Waals surface area contributed by atoms with Crippen LogP contribution < -0.4 is 9.47 Å². The Labute approximate surface area is 289 Å². The number of rotatable bonds is 10. The molecule has 0 spiro atoms. The topological polar surface area (TPSA) is 91.8 Å². The molecule has 7 rings (SSSR count). The number of amides is 2. The van der Waals surface area contributed by atoms with E-state index in [1.807, 2.05) is 77.7 Å². The number of aliphatic hydroxyl groups is 1. The van der Waals surface area contributed by atoms with Gasteiger partial charge in [-0.1, -0.05) is 79.6 Å². The van der Waals surface area contributed by atoms with E-state index in [-0.39, 0.29) is 43.3 Å². The van der Waals surface area contributed by atoms with Crippen molar-refractivity contribution in [3.8, 4) is 22.6 Å². The summed E-state index contributed by atoms with van der Waals surface area (Å²) in [5.41, 5.74) is 2.77. The van der Waals surface area contributed by atoms with Crippen LogP contribution in [0.2, 0.25) is 0 Å². The van der Waals surface area contributed by atoms with Gasteiger partial charge in [-0.05, 0) is 60.1 Å². The Balaban J connectivity index is 0.940. The molecule has 0 bridgehead atoms. The average Bonchev–Trinajstić information content (AvgIpc) is 3.92. The molecule has 3 fully saturated rings. The second-order valence-electron chi connectivity index (χ2n) is 14.0. The zero-order valence-corrected chi connectivity index (χ0v) is 28.2. The fraction of sp³-hybridized carbons (Fsp3) is 0.450. The Morgan fingerprint density at radius 3 is 2.39 bits per heavy atom. The number of likely N-dealkylation sites (tertiary alicyclic amines) is 2. The van der Waals surface area contributed by atoms with Gasteiger partial charge in [0.2, 0.25) is 12.7 Å². The molecule has 2 atom stereocenters. The third kappa shape index (κ3) is 7.19. The minimum Gasteiger partial charge on any atom is -0.454 e. The number of benzene rings is 3. The average molecular weight is 666 g/mol. The summed E-state index contributed by atoms with van der Waals surface area (Å²) >= 11 is 0. The number of β-amino-alcohol motifs (C(OH)–C–C–N with tert-alkyl or cyclic N) is 1. The second-order valence-corrected chi connectivity index (χ2v) is 14.0. The van der Waals surface area contributed by atoms with E-state index in [4.69, 9.17) is 14.2 Å². The Bertz CT molecular complexity index is 1620. The van der Waals surface area contributed by atoms with Crippen LogP contribution in [0, 0.1) is 11.8 Å². The second kappa shape index (κ2) is 14.6. The molecule has 258 valence electrons. The third-order valence-corrected chi connectivity index (χ3v) is 10.9. The zero-order valence-electron chi connectivity index (χ0n) is 28.2. The molecule has 1 N–H and O–H groups in total. The molecule has 2 amide bonds. The van der Waals surface area contributed by atoms with Crippen LogP contribution in [0.15, 0.2) is 85.5 Å². The van der Waals surface area contributed by atoms with Gasteiger partial charge in [-0.3, -0.25) is 4.79 Å². The molecule has 0 radical (unpaired) electrons. The molecular formula is C40H47N3O6. The Morgan fingerprint density at radius 1 is 0.939 bits per heavy atom. The summed E-state index contributed by atoms with van der Waals surface area (Å²) < 4.78 is 16.7. The predicted octanol–water partition coefficient (Wildman–Crippen LogP) is 6.21. The highest BCUT2D eigenvalue weighted by molar-refractivity contribution is 5.79. The molecule has 3 aromatic carbocycles. The number of hydrogen-bond acceptors (Lipinski definition) is 7. The number of ether oxygens (including phenoxy) is 3. The summed E-state index contributed by atoms with van der Waals surface area (Å²) in [6.07, 6.45) is 7.14. The lowest BCUT2D eigenvalue weighted by atomic mass is 9.83. The van der Waals surface area contributed by atoms with E-state index in [1.54, 1.807) is 11.0 Å². The van der Waals surface area contributed by atoms with E-state index < -0.39 is 5.60 Å². The molecule has 4 aliphatic rings. The monoisotopic (exact) mass is 665 g/mol. The van der Waals surface area contributed by atoms with Gasteiger partial charge in [0.15, 0.2) is 11.5 Å². The molecule has 1 aliphatic carbocycles. The SMILES string of the molecule is C=CCN(C(=O)OCc1ccc(-c2ccc3c(c2)OCO3)cc1)C1CCN(C[C@H]2CN(C(=O)C3CCCC3)C[C@]2(O)c2ccccc2)CC1. The fourth-order valence-electron chi connectivity index (χ4n) is 8.10. The van der Waals surface area contributed by atoms with Gasteiger partial charge in [0.1, 0.15) is 12.2 Å². The van der Waals surface area contributed by atoms with Gasteiger partial charge in [-0.15, -0.1) is 6.58 Å². The van der Waals surface area contributed by atoms with Gasteiger partial charge >= 0.3 is 6.09 Å². The fourth-order valence-corrected chi connectivity index (χ4v) is 8.10. The summed E-state index contributed by atoms with van der Waals surface area (Å²) in [4.78, 5) is 32.9. The van der Waals surface area contributed by atoms with Gasteiger partial charge in [0.05, 0.1) is 6.54 Å². The van der Waals surface area contributed by atoms with Crippen LogP contribution in [0.5, 0.6) is 11.5 Å². The number of carbonyl (C=O) groups excluding carboxylic acids is 2. The highest BCUT2D eigenvalue weighted by Gasteiger charge is 2.49. The molecule has 3 aromatic rings. The van der Waals surface area contributed by atoms with Crippen molar-refractivity contribution in [1.29, 1.82) is 0 Å². The predicted molar refractivity (Wildman–Crippen MR) is 187 cm³/mol. The van der Waals surface area contributed by atoms with Crippen LogP contribution in [0.25, 0.3) is 11.1 Å². The summed E-state index contributed by atoms with van der Waals surface area (Å²) in [6.45, 7) is 7.93. The zero-order chi connectivity index (χ0) is 33.8. The maximum absolute atomic E-state index is 13.4. The quantitative estimate of drug-likeness (QED) is 0.258. The van der Waals surface area contributed by atoms with E-state index in [0.29, 0.717) is 26.2 Å². The number of piperidine rings is 1. The van der Waals surface area contributed by atoms with Crippen molar-refractivity contribution in [3.05, 3.63) is 96.6 Å². The normalized spacial score (nSPS) is 22.7. The number of hydrogen-bond donors (Lipinski definition) is 1. The van der Waals surface area contributed by atoms with E-state index in [0.717, 1.165) is 85.4 Å². The lowest BCUT2D eigenvalue weighted by molar-refractivity contribution is -0.135. The van der Waals surface area contributed by atoms with E-state index in [1.165, 1.54) is 0 Å². The van der Waals surface area contributed by atoms with E-state index in [2.05, 4.69) is 11.5 Å². The van der Waals surface area contributed by atoms with Crippen molar-refractivity contribution in [3.63, 3.8) is 0 Å². The van der Waals surface area contributed by atoms with Crippen LogP contribution in [-0.4, -0.2) is 83.9 Å². The van der Waals surface area contributed by atoms with Crippen LogP contribution in [0.4, 0.5) is 4.79 Å². The largest absolute Gasteiger partial charge is 0.454 e. The molecule has 0 aromatic heterocycles. The Hall–Kier alpha value is -4.34. The standard InChI is InChI=1S/C40H47N3O6/c1-2-20-43(39(45)47-26-29-12-14-30(15-13-29)32-16-17-36-37(23-32)49-28-48-36)35-18-21-41(22-19-35)24-34-25-42(38(44)31-8-6-7-9-31)27-40(34,46)33-10-4-3-5-11-33/h2-5,10-17,23,31,34-35,46H,1,6-9,18-22,24-28H2/t34-,40-/m0/s1. The van der Waals surface area contributed by atoms with Crippen molar-refractivity contribution >= 4 is 12.0 Å². The van der Waals surface area contributed by atoms with Gasteiger partial charge in [0, 0.05) is 50.6 Å². The molecule has 3 aliphatic heterocycles. The summed E-state index contributed by atoms with van der Waals surface area (Å²) in [7, 11) is 0. The van der Waals surface area contributed by atoms with Gasteiger partial charge in [-0.25, -0.2) is 4.79 Å². The van der Waals surface area contributed by atoms with E-state index in [9.17, 15) is 14.7 Å². The van der Waals surface area contributed by atoms with Gasteiger partial charge in [0.25, 0.3) is 0 Å². The molecule has 2 saturated heterocycles. The number of carbonyl (C=O) groups is 2. The first kappa shape index (κ1) is 33.2. The smallest absolute Gasteiger partial charge is 0.410 e.